The standard InChI is InChI=1S/C55H70ClN11O12/c1-4-7-41(51(75)64-43(48(60)72)27-34-13-21-38(69)22-14-34)63-55(79)46(31(3)68)67-52(76)42(8-5-6-25-57)62-53(77)45(28-33-9-17-36(18-10-33)47(59)71)66-54(78)44(29-35-15-23-39(70)24-16-35)65-49(73)30(2)61-50(74)40(58)26-32-11-19-37(56)20-12-32/h4,9-24,30-31,40-46,68-70H,1,5-8,25-29,57-58H2,2-3H3,(H2,59,71)(H2,60,72)(H,61,74)(H,62,77)(H,63,79)(H,64,75)(H,65,73)(H,66,78)(H,67,76)/t30-,31?,40-,41-,42-,43+,44-,45+,46?/m0/s1. The number of amides is 9. The summed E-state index contributed by atoms with van der Waals surface area (Å²) in [5.74, 6) is -7.89. The number of unbranched alkanes of at least 4 members (excludes halogenated alkanes) is 1. The molecule has 0 heterocycles. The summed E-state index contributed by atoms with van der Waals surface area (Å²) in [4.78, 5) is 122. The van der Waals surface area contributed by atoms with E-state index in [9.17, 15) is 58.5 Å². The van der Waals surface area contributed by atoms with E-state index < -0.39 is 108 Å². The number of aliphatic hydroxyl groups excluding tert-OH is 1. The third kappa shape index (κ3) is 20.8. The van der Waals surface area contributed by atoms with Gasteiger partial charge in [0.1, 0.15) is 53.8 Å². The topological polar surface area (TPSA) is 403 Å². The van der Waals surface area contributed by atoms with Crippen molar-refractivity contribution in [1.82, 2.24) is 37.2 Å². The molecule has 79 heavy (non-hydrogen) atoms. The predicted molar refractivity (Wildman–Crippen MR) is 293 cm³/mol. The number of hydrogen-bond acceptors (Lipinski definition) is 14. The van der Waals surface area contributed by atoms with Crippen LogP contribution >= 0.6 is 11.6 Å². The number of primary amides is 2. The highest BCUT2D eigenvalue weighted by Gasteiger charge is 2.35. The summed E-state index contributed by atoms with van der Waals surface area (Å²) in [6, 6.07) is 13.0. The van der Waals surface area contributed by atoms with Crippen LogP contribution in [0.5, 0.6) is 11.5 Å². The van der Waals surface area contributed by atoms with E-state index in [1.165, 1.54) is 92.7 Å². The monoisotopic (exact) mass is 1110 g/mol. The molecule has 4 rings (SSSR count). The fourth-order valence-electron chi connectivity index (χ4n) is 7.96. The summed E-state index contributed by atoms with van der Waals surface area (Å²) in [5, 5.41) is 48.9. The molecule has 18 N–H and O–H groups in total. The normalized spacial score (nSPS) is 14.4. The Kier molecular flexibility index (Phi) is 24.9. The molecular weight excluding hydrogens is 1040 g/mol. The van der Waals surface area contributed by atoms with Crippen molar-refractivity contribution in [2.75, 3.05) is 6.54 Å². The quantitative estimate of drug-likeness (QED) is 0.0222. The maximum atomic E-state index is 14.6. The number of rotatable bonds is 31. The maximum absolute atomic E-state index is 14.6. The van der Waals surface area contributed by atoms with Gasteiger partial charge in [0.05, 0.1) is 12.1 Å². The number of halogens is 1. The van der Waals surface area contributed by atoms with Gasteiger partial charge in [0.25, 0.3) is 0 Å². The first-order valence-electron chi connectivity index (χ1n) is 25.3. The number of phenolic OH excluding ortho intramolecular Hbond substituents is 2. The van der Waals surface area contributed by atoms with Crippen LogP contribution < -0.4 is 60.2 Å². The highest BCUT2D eigenvalue weighted by Crippen LogP contribution is 2.16. The summed E-state index contributed by atoms with van der Waals surface area (Å²) >= 11 is 5.98. The van der Waals surface area contributed by atoms with E-state index in [0.717, 1.165) is 0 Å². The lowest BCUT2D eigenvalue weighted by Crippen LogP contribution is -2.62. The number of phenols is 2. The molecule has 9 amide bonds. The van der Waals surface area contributed by atoms with Crippen molar-refractivity contribution >= 4 is 64.8 Å². The third-order valence-electron chi connectivity index (χ3n) is 12.5. The zero-order chi connectivity index (χ0) is 58.3. The number of aromatic hydroxyl groups is 2. The van der Waals surface area contributed by atoms with Crippen LogP contribution in [-0.4, -0.2) is 129 Å². The number of nitrogens with two attached hydrogens (primary N) is 4. The Labute approximate surface area is 462 Å². The van der Waals surface area contributed by atoms with E-state index in [1.807, 2.05) is 0 Å². The van der Waals surface area contributed by atoms with Crippen LogP contribution in [0.4, 0.5) is 0 Å². The smallest absolute Gasteiger partial charge is 0.248 e. The number of benzene rings is 4. The number of aliphatic hydroxyl groups is 1. The largest absolute Gasteiger partial charge is 0.508 e. The number of carbonyl (C=O) groups is 9. The van der Waals surface area contributed by atoms with Gasteiger partial charge in [0, 0.05) is 29.8 Å². The number of carbonyl (C=O) groups excluding carboxylic acids is 9. The minimum absolute atomic E-state index is 0.0265. The van der Waals surface area contributed by atoms with Gasteiger partial charge >= 0.3 is 0 Å². The molecule has 0 fully saturated rings. The fraction of sp³-hybridized carbons (Fsp3) is 0.364. The van der Waals surface area contributed by atoms with Gasteiger partial charge < -0.3 is 75.5 Å². The van der Waals surface area contributed by atoms with E-state index >= 15 is 0 Å². The van der Waals surface area contributed by atoms with Gasteiger partial charge in [-0.3, -0.25) is 43.2 Å². The average Bonchev–Trinajstić information content (AvgIpc) is 3.40. The van der Waals surface area contributed by atoms with Gasteiger partial charge in [0.2, 0.25) is 53.2 Å². The Morgan fingerprint density at radius 1 is 0.532 bits per heavy atom. The fourth-order valence-corrected chi connectivity index (χ4v) is 8.09. The molecule has 0 aliphatic rings. The molecule has 0 aliphatic heterocycles. The van der Waals surface area contributed by atoms with E-state index in [4.69, 9.17) is 34.5 Å². The molecule has 24 heteroatoms. The molecule has 0 saturated carbocycles. The Morgan fingerprint density at radius 2 is 0.949 bits per heavy atom. The van der Waals surface area contributed by atoms with Gasteiger partial charge in [-0.25, -0.2) is 0 Å². The molecule has 0 spiro atoms. The zero-order valence-corrected chi connectivity index (χ0v) is 44.5. The first kappa shape index (κ1) is 63.2. The van der Waals surface area contributed by atoms with Gasteiger partial charge in [-0.1, -0.05) is 66.2 Å². The lowest BCUT2D eigenvalue weighted by molar-refractivity contribution is -0.137. The lowest BCUT2D eigenvalue weighted by Gasteiger charge is -2.28. The van der Waals surface area contributed by atoms with Crippen LogP contribution in [-0.2, 0) is 64.0 Å². The maximum Gasteiger partial charge on any atom is 0.248 e. The van der Waals surface area contributed by atoms with E-state index in [-0.39, 0.29) is 68.6 Å². The Hall–Kier alpha value is -8.38. The van der Waals surface area contributed by atoms with E-state index in [1.54, 1.807) is 24.3 Å². The molecule has 4 aromatic rings. The lowest BCUT2D eigenvalue weighted by atomic mass is 10.00. The predicted octanol–water partition coefficient (Wildman–Crippen LogP) is -0.567. The van der Waals surface area contributed by atoms with Crippen molar-refractivity contribution in [3.8, 4) is 11.5 Å². The van der Waals surface area contributed by atoms with Crippen LogP contribution in [0, 0.1) is 0 Å². The molecule has 0 radical (unpaired) electrons. The molecule has 2 unspecified atom stereocenters. The van der Waals surface area contributed by atoms with Crippen LogP contribution in [0.1, 0.15) is 72.1 Å². The van der Waals surface area contributed by atoms with Crippen LogP contribution in [0.2, 0.25) is 5.02 Å². The van der Waals surface area contributed by atoms with Crippen LogP contribution in [0.25, 0.3) is 0 Å². The summed E-state index contributed by atoms with van der Waals surface area (Å²) in [6.45, 7) is 6.41. The zero-order valence-electron chi connectivity index (χ0n) is 43.8. The molecule has 23 nitrogen and oxygen atoms in total. The molecule has 424 valence electrons. The van der Waals surface area contributed by atoms with E-state index in [2.05, 4.69) is 43.8 Å². The Balaban J connectivity index is 1.59. The molecule has 0 bridgehead atoms. The second-order valence-corrected chi connectivity index (χ2v) is 19.4. The van der Waals surface area contributed by atoms with Crippen LogP contribution in [0.15, 0.2) is 110 Å². The molecule has 0 aromatic heterocycles. The summed E-state index contributed by atoms with van der Waals surface area (Å²) < 4.78 is 0. The van der Waals surface area contributed by atoms with Crippen molar-refractivity contribution in [2.45, 2.75) is 120 Å². The van der Waals surface area contributed by atoms with Crippen molar-refractivity contribution in [2.24, 2.45) is 22.9 Å². The van der Waals surface area contributed by atoms with Crippen LogP contribution in [0.3, 0.4) is 0 Å². The summed E-state index contributed by atoms with van der Waals surface area (Å²) in [7, 11) is 0. The number of hydrogen-bond donors (Lipinski definition) is 14. The molecule has 4 aromatic carbocycles. The third-order valence-corrected chi connectivity index (χ3v) is 12.7. The highest BCUT2D eigenvalue weighted by atomic mass is 35.5. The Morgan fingerprint density at radius 3 is 1.43 bits per heavy atom. The van der Waals surface area contributed by atoms with Gasteiger partial charge in [-0.2, -0.15) is 0 Å². The van der Waals surface area contributed by atoms with Crippen molar-refractivity contribution in [3.63, 3.8) is 0 Å². The SMILES string of the molecule is C=CC[C@H](NC(=O)C(NC(=O)[C@H](CCCCN)NC(=O)[C@@H](Cc1ccc(C(N)=O)cc1)NC(=O)[C@H](Cc1ccc(O)cc1)NC(=O)[C@H](C)NC(=O)[C@@H](N)Cc1ccc(Cl)cc1)C(C)O)C(=O)N[C@H](Cc1ccc(O)cc1)C(N)=O. The second kappa shape index (κ2) is 31.1. The number of nitrogens with one attached hydrogen (secondary N) is 7. The van der Waals surface area contributed by atoms with Crippen molar-refractivity contribution < 1.29 is 58.5 Å². The Bertz CT molecular complexity index is 2750. The first-order valence-corrected chi connectivity index (χ1v) is 25.7. The van der Waals surface area contributed by atoms with Crippen molar-refractivity contribution in [1.29, 1.82) is 0 Å². The van der Waals surface area contributed by atoms with Gasteiger partial charge in [-0.05, 0) is 123 Å². The summed E-state index contributed by atoms with van der Waals surface area (Å²) in [5.41, 5.74) is 25.3. The van der Waals surface area contributed by atoms with Gasteiger partial charge in [0.15, 0.2) is 0 Å². The molecule has 9 atom stereocenters. The first-order chi connectivity index (χ1) is 37.5. The second-order valence-electron chi connectivity index (χ2n) is 18.9. The molecule has 0 aliphatic carbocycles. The minimum Gasteiger partial charge on any atom is -0.508 e. The minimum atomic E-state index is -1.74. The summed E-state index contributed by atoms with van der Waals surface area (Å²) in [6.07, 6.45) is -0.268. The average molecular weight is 1110 g/mol. The molecular formula is C55H70ClN11O12. The highest BCUT2D eigenvalue weighted by molar-refractivity contribution is 6.30. The molecule has 0 saturated heterocycles. The van der Waals surface area contributed by atoms with E-state index in [0.29, 0.717) is 33.7 Å². The van der Waals surface area contributed by atoms with Gasteiger partial charge in [-0.15, -0.1) is 6.58 Å². The van der Waals surface area contributed by atoms with Crippen molar-refractivity contribution in [3.05, 3.63) is 143 Å².